The van der Waals surface area contributed by atoms with E-state index in [0.29, 0.717) is 0 Å². The van der Waals surface area contributed by atoms with Crippen molar-refractivity contribution in [2.45, 2.75) is 30.2 Å². The fourth-order valence-electron chi connectivity index (χ4n) is 2.49. The summed E-state index contributed by atoms with van der Waals surface area (Å²) in [5, 5.41) is 5.54. The third-order valence-electron chi connectivity index (χ3n) is 3.58. The molecule has 9 heteroatoms. The topological polar surface area (TPSA) is 54.0 Å². The van der Waals surface area contributed by atoms with E-state index in [0.717, 1.165) is 18.7 Å². The van der Waals surface area contributed by atoms with Crippen LogP contribution in [-0.2, 0) is 19.6 Å². The number of thioether (sulfide) groups is 1. The minimum Gasteiger partial charge on any atom is -0.348 e. The van der Waals surface area contributed by atoms with Crippen molar-refractivity contribution >= 4 is 30.1 Å². The number of nitrogens with zero attached hydrogens (tertiary/aromatic N) is 1. The van der Waals surface area contributed by atoms with Crippen LogP contribution in [0.1, 0.15) is 27.0 Å². The van der Waals surface area contributed by atoms with Gasteiger partial charge in [-0.25, -0.2) is 4.98 Å². The average molecular weight is 390 g/mol. The molecule has 1 amide bonds. The highest BCUT2D eigenvalue weighted by Gasteiger charge is 2.32. The fraction of sp³-hybridized carbons (Fsp3) is 0.250. The molecular formula is C16H15ClF3N3OS. The predicted molar refractivity (Wildman–Crippen MR) is 91.6 cm³/mol. The number of benzene rings is 1. The third-order valence-corrected chi connectivity index (χ3v) is 4.33. The highest BCUT2D eigenvalue weighted by atomic mass is 35.5. The summed E-state index contributed by atoms with van der Waals surface area (Å²) in [6.45, 7) is 1.86. The van der Waals surface area contributed by atoms with E-state index in [1.807, 2.05) is 18.2 Å². The van der Waals surface area contributed by atoms with E-state index < -0.39 is 11.4 Å². The van der Waals surface area contributed by atoms with Gasteiger partial charge in [0.1, 0.15) is 5.03 Å². The lowest BCUT2D eigenvalue weighted by Crippen LogP contribution is -2.24. The number of fused-ring (bicyclic) bond motifs is 1. The summed E-state index contributed by atoms with van der Waals surface area (Å²) in [5.74, 6) is -0.575. The summed E-state index contributed by atoms with van der Waals surface area (Å²) in [5.41, 5.74) is -1.27. The SMILES string of the molecule is Cl.O=C(NCc1ccc2c(c1)CNC2)c1cccnc1SC(F)(F)F. The number of carbonyl (C=O) groups is 1. The van der Waals surface area contributed by atoms with Gasteiger partial charge in [0.2, 0.25) is 0 Å². The molecule has 4 nitrogen and oxygen atoms in total. The first-order chi connectivity index (χ1) is 11.4. The second-order valence-corrected chi connectivity index (χ2v) is 6.35. The minimum atomic E-state index is -4.49. The van der Waals surface area contributed by atoms with Gasteiger partial charge < -0.3 is 10.6 Å². The lowest BCUT2D eigenvalue weighted by Gasteiger charge is -2.11. The van der Waals surface area contributed by atoms with Crippen LogP contribution in [0.15, 0.2) is 41.6 Å². The van der Waals surface area contributed by atoms with E-state index in [2.05, 4.69) is 15.6 Å². The van der Waals surface area contributed by atoms with Crippen molar-refractivity contribution in [3.63, 3.8) is 0 Å². The summed E-state index contributed by atoms with van der Waals surface area (Å²) < 4.78 is 37.6. The molecule has 1 aromatic heterocycles. The van der Waals surface area contributed by atoms with Crippen LogP contribution in [0.2, 0.25) is 0 Å². The number of nitrogens with one attached hydrogen (secondary N) is 2. The van der Waals surface area contributed by atoms with Gasteiger partial charge in [0.05, 0.1) is 5.56 Å². The minimum absolute atomic E-state index is 0. The smallest absolute Gasteiger partial charge is 0.348 e. The van der Waals surface area contributed by atoms with Gasteiger partial charge in [-0.3, -0.25) is 4.79 Å². The zero-order valence-electron chi connectivity index (χ0n) is 12.9. The molecular weight excluding hydrogens is 375 g/mol. The molecule has 0 fully saturated rings. The molecule has 0 bridgehead atoms. The number of halogens is 4. The van der Waals surface area contributed by atoms with Gasteiger partial charge >= 0.3 is 5.51 Å². The average Bonchev–Trinajstić information content (AvgIpc) is 2.99. The van der Waals surface area contributed by atoms with Gasteiger partial charge in [0.25, 0.3) is 5.91 Å². The van der Waals surface area contributed by atoms with Crippen molar-refractivity contribution in [1.29, 1.82) is 0 Å². The first-order valence-corrected chi connectivity index (χ1v) is 8.04. The van der Waals surface area contributed by atoms with Crippen molar-refractivity contribution in [2.24, 2.45) is 0 Å². The summed E-state index contributed by atoms with van der Waals surface area (Å²) >= 11 is -0.387. The molecule has 134 valence electrons. The number of carbonyl (C=O) groups excluding carboxylic acids is 1. The first-order valence-electron chi connectivity index (χ1n) is 7.23. The van der Waals surface area contributed by atoms with Crippen LogP contribution in [0.5, 0.6) is 0 Å². The van der Waals surface area contributed by atoms with Crippen molar-refractivity contribution in [3.05, 3.63) is 58.8 Å². The molecule has 0 atom stereocenters. The first kappa shape index (κ1) is 19.6. The molecule has 2 aromatic rings. The molecule has 1 aromatic carbocycles. The molecule has 0 radical (unpaired) electrons. The van der Waals surface area contributed by atoms with E-state index in [-0.39, 0.29) is 41.3 Å². The van der Waals surface area contributed by atoms with Crippen LogP contribution in [-0.4, -0.2) is 16.4 Å². The number of rotatable bonds is 4. The van der Waals surface area contributed by atoms with E-state index >= 15 is 0 Å². The van der Waals surface area contributed by atoms with Crippen LogP contribution in [0, 0.1) is 0 Å². The maximum Gasteiger partial charge on any atom is 0.447 e. The zero-order valence-corrected chi connectivity index (χ0v) is 14.5. The lowest BCUT2D eigenvalue weighted by atomic mass is 10.1. The molecule has 2 heterocycles. The monoisotopic (exact) mass is 389 g/mol. The number of amides is 1. The summed E-state index contributed by atoms with van der Waals surface area (Å²) in [6, 6.07) is 8.66. The van der Waals surface area contributed by atoms with Crippen molar-refractivity contribution < 1.29 is 18.0 Å². The Morgan fingerprint density at radius 1 is 1.24 bits per heavy atom. The molecule has 0 saturated heterocycles. The molecule has 2 N–H and O–H groups in total. The Kier molecular flexibility index (Phi) is 6.31. The Bertz CT molecular complexity index is 771. The number of hydrogen-bond donors (Lipinski definition) is 2. The van der Waals surface area contributed by atoms with Crippen LogP contribution in [0.4, 0.5) is 13.2 Å². The standard InChI is InChI=1S/C16H14F3N3OS.ClH/c17-16(18,19)24-15-13(2-1-5-21-15)14(23)22-7-10-3-4-11-8-20-9-12(11)6-10;/h1-6,20H,7-9H2,(H,22,23);1H. The second kappa shape index (κ2) is 8.07. The van der Waals surface area contributed by atoms with Gasteiger partial charge in [0.15, 0.2) is 0 Å². The Hall–Kier alpha value is -1.77. The maximum absolute atomic E-state index is 12.5. The molecule has 3 rings (SSSR count). The van der Waals surface area contributed by atoms with Crippen molar-refractivity contribution in [2.75, 3.05) is 0 Å². The van der Waals surface area contributed by atoms with Crippen LogP contribution in [0.3, 0.4) is 0 Å². The molecule has 0 unspecified atom stereocenters. The molecule has 1 aliphatic rings. The molecule has 1 aliphatic heterocycles. The Balaban J connectivity index is 0.00000225. The molecule has 0 saturated carbocycles. The van der Waals surface area contributed by atoms with Crippen molar-refractivity contribution in [1.82, 2.24) is 15.6 Å². The normalized spacial score (nSPS) is 13.1. The van der Waals surface area contributed by atoms with E-state index in [9.17, 15) is 18.0 Å². The highest BCUT2D eigenvalue weighted by Crippen LogP contribution is 2.37. The predicted octanol–water partition coefficient (Wildman–Crippen LogP) is 3.65. The fourth-order valence-corrected chi connectivity index (χ4v) is 3.09. The van der Waals surface area contributed by atoms with Crippen LogP contribution >= 0.6 is 24.2 Å². The Labute approximate surface area is 153 Å². The zero-order chi connectivity index (χ0) is 17.2. The van der Waals surface area contributed by atoms with Gasteiger partial charge in [0, 0.05) is 37.6 Å². The van der Waals surface area contributed by atoms with Gasteiger partial charge in [-0.2, -0.15) is 13.2 Å². The van der Waals surface area contributed by atoms with E-state index in [1.54, 1.807) is 0 Å². The number of hydrogen-bond acceptors (Lipinski definition) is 4. The van der Waals surface area contributed by atoms with E-state index in [1.165, 1.54) is 29.5 Å². The van der Waals surface area contributed by atoms with Crippen LogP contribution < -0.4 is 10.6 Å². The largest absolute Gasteiger partial charge is 0.447 e. The quantitative estimate of drug-likeness (QED) is 0.784. The number of pyridine rings is 1. The summed E-state index contributed by atoms with van der Waals surface area (Å²) in [4.78, 5) is 15.9. The Morgan fingerprint density at radius 3 is 2.76 bits per heavy atom. The van der Waals surface area contributed by atoms with Gasteiger partial charge in [-0.15, -0.1) is 12.4 Å². The molecule has 25 heavy (non-hydrogen) atoms. The lowest BCUT2D eigenvalue weighted by molar-refractivity contribution is -0.0329. The molecule has 0 spiro atoms. The molecule has 0 aliphatic carbocycles. The van der Waals surface area contributed by atoms with Crippen LogP contribution in [0.25, 0.3) is 0 Å². The van der Waals surface area contributed by atoms with Gasteiger partial charge in [-0.05, 0) is 28.8 Å². The summed E-state index contributed by atoms with van der Waals surface area (Å²) in [6.07, 6.45) is 1.23. The van der Waals surface area contributed by atoms with Crippen molar-refractivity contribution in [3.8, 4) is 0 Å². The number of aromatic nitrogens is 1. The highest BCUT2D eigenvalue weighted by molar-refractivity contribution is 8.00. The van der Waals surface area contributed by atoms with Gasteiger partial charge in [-0.1, -0.05) is 18.2 Å². The van der Waals surface area contributed by atoms with E-state index in [4.69, 9.17) is 0 Å². The third kappa shape index (κ3) is 5.10. The Morgan fingerprint density at radius 2 is 2.00 bits per heavy atom. The second-order valence-electron chi connectivity index (χ2n) is 5.29. The maximum atomic E-state index is 12.5. The summed E-state index contributed by atoms with van der Waals surface area (Å²) in [7, 11) is 0. The number of alkyl halides is 3.